The van der Waals surface area contributed by atoms with Crippen molar-refractivity contribution in [1.82, 2.24) is 38.8 Å². The van der Waals surface area contributed by atoms with Gasteiger partial charge in [0.1, 0.15) is 30.2 Å². The highest BCUT2D eigenvalue weighted by atomic mass is 35.7. The molecular weight excluding hydrogens is 1050 g/mol. The van der Waals surface area contributed by atoms with Gasteiger partial charge in [0.15, 0.2) is 25.0 Å². The molecule has 2 fully saturated rings. The number of imidazole rings is 1. The van der Waals surface area contributed by atoms with Gasteiger partial charge in [-0.1, -0.05) is 36.4 Å². The summed E-state index contributed by atoms with van der Waals surface area (Å²) in [7, 11) is -2.15. The predicted molar refractivity (Wildman–Crippen MR) is 271 cm³/mol. The molecule has 0 amide bonds. The lowest BCUT2D eigenvalue weighted by Gasteiger charge is -2.24. The largest absolute Gasteiger partial charge is 0.462 e. The van der Waals surface area contributed by atoms with E-state index in [0.29, 0.717) is 16.9 Å². The van der Waals surface area contributed by atoms with E-state index in [-0.39, 0.29) is 44.4 Å². The van der Waals surface area contributed by atoms with Crippen LogP contribution in [0.15, 0.2) is 111 Å². The molecule has 412 valence electrons. The molecule has 2 unspecified atom stereocenters. The van der Waals surface area contributed by atoms with Crippen LogP contribution >= 0.6 is 25.9 Å². The number of rotatable bonds is 18. The zero-order valence-electron chi connectivity index (χ0n) is 42.6. The number of H-pyrrole nitrogens is 2. The minimum atomic E-state index is -4.09. The lowest BCUT2D eigenvalue weighted by molar-refractivity contribution is -0.150. The quantitative estimate of drug-likeness (QED) is 0.0602. The van der Waals surface area contributed by atoms with Gasteiger partial charge in [-0.15, -0.1) is 0 Å². The van der Waals surface area contributed by atoms with E-state index in [1.807, 2.05) is 17.8 Å². The Morgan fingerprint density at radius 3 is 1.61 bits per heavy atom. The summed E-state index contributed by atoms with van der Waals surface area (Å²) in [6, 6.07) is 15.0. The third-order valence-electron chi connectivity index (χ3n) is 9.59. The van der Waals surface area contributed by atoms with Crippen LogP contribution in [0.25, 0.3) is 0 Å². The average Bonchev–Trinajstić information content (AvgIpc) is 4.15. The van der Waals surface area contributed by atoms with E-state index in [1.54, 1.807) is 115 Å². The van der Waals surface area contributed by atoms with Crippen LogP contribution in [0.5, 0.6) is 11.5 Å². The number of esters is 2. The van der Waals surface area contributed by atoms with E-state index in [0.717, 1.165) is 0 Å². The molecule has 75 heavy (non-hydrogen) atoms. The number of carbonyl (C=O) groups is 2. The van der Waals surface area contributed by atoms with Crippen LogP contribution in [0, 0.1) is 13.8 Å². The Hall–Kier alpha value is -6.02. The lowest BCUT2D eigenvalue weighted by atomic mass is 10.3. The first-order valence-electron chi connectivity index (χ1n) is 23.1. The molecule has 5 N–H and O–H groups in total. The van der Waals surface area contributed by atoms with Crippen LogP contribution in [0.1, 0.15) is 65.1 Å². The number of carbonyl (C=O) groups excluding carboxylic acids is 2. The Labute approximate surface area is 435 Å². The summed E-state index contributed by atoms with van der Waals surface area (Å²) >= 11 is 5.76. The number of hydrogen-bond acceptors (Lipinski definition) is 19. The fourth-order valence-corrected chi connectivity index (χ4v) is 9.21. The van der Waals surface area contributed by atoms with E-state index in [1.165, 1.54) is 35.4 Å². The molecule has 0 spiro atoms. The molecule has 2 aliphatic rings. The first-order valence-corrected chi connectivity index (χ1v) is 27.2. The fourth-order valence-electron chi connectivity index (χ4n) is 6.04. The summed E-state index contributed by atoms with van der Waals surface area (Å²) in [5.41, 5.74) is -1.37. The maximum Gasteiger partial charge on any atom is 0.459 e. The number of hydrogen-bond donors (Lipinski definition) is 5. The molecule has 0 saturated carbocycles. The minimum absolute atomic E-state index is 0.00614. The van der Waals surface area contributed by atoms with Gasteiger partial charge >= 0.3 is 37.9 Å². The maximum atomic E-state index is 13.5. The summed E-state index contributed by atoms with van der Waals surface area (Å²) in [5, 5.41) is 13.8. The van der Waals surface area contributed by atoms with Crippen molar-refractivity contribution < 1.29 is 65.8 Å². The third-order valence-corrected chi connectivity index (χ3v) is 12.9. The number of nitrogens with zero attached hydrogens (tertiary/aromatic N) is 4. The molecule has 8 atom stereocenters. The highest BCUT2D eigenvalue weighted by molar-refractivity contribution is 7.84. The monoisotopic (exact) mass is 1110 g/mol. The molecule has 0 bridgehead atoms. The Morgan fingerprint density at radius 1 is 0.747 bits per heavy atom. The summed E-state index contributed by atoms with van der Waals surface area (Å²) in [6.45, 7) is 8.88. The van der Waals surface area contributed by atoms with E-state index in [2.05, 4.69) is 25.1 Å². The minimum Gasteiger partial charge on any atom is -0.462 e. The van der Waals surface area contributed by atoms with Gasteiger partial charge in [-0.2, -0.15) is 5.09 Å². The number of para-hydroxylation sites is 2. The normalized spacial score (nSPS) is 19.3. The molecule has 2 saturated heterocycles. The fraction of sp³-hybridized carbons (Fsp3) is 0.457. The van der Waals surface area contributed by atoms with Gasteiger partial charge in [-0.25, -0.2) is 28.8 Å². The molecule has 29 heteroatoms. The van der Waals surface area contributed by atoms with Crippen molar-refractivity contribution in [3.8, 4) is 11.5 Å². The highest BCUT2D eigenvalue weighted by Gasteiger charge is 2.36. The number of nitrogens with one attached hydrogen (secondary N) is 4. The van der Waals surface area contributed by atoms with Crippen LogP contribution < -0.4 is 41.7 Å². The van der Waals surface area contributed by atoms with Crippen LogP contribution in [0.4, 0.5) is 0 Å². The van der Waals surface area contributed by atoms with Crippen molar-refractivity contribution in [3.05, 3.63) is 145 Å². The topological polar surface area (TPSA) is 323 Å². The zero-order chi connectivity index (χ0) is 55.5. The number of aromatic nitrogens is 6. The van der Waals surface area contributed by atoms with E-state index in [9.17, 15) is 37.9 Å². The predicted octanol–water partition coefficient (Wildman–Crippen LogP) is 4.32. The van der Waals surface area contributed by atoms with Crippen molar-refractivity contribution in [1.29, 1.82) is 0 Å². The lowest BCUT2D eigenvalue weighted by Crippen LogP contribution is -2.37. The number of aliphatic hydroxyl groups excluding tert-OH is 1. The van der Waals surface area contributed by atoms with Crippen molar-refractivity contribution in [2.24, 2.45) is 7.05 Å². The van der Waals surface area contributed by atoms with Gasteiger partial charge < -0.3 is 47.1 Å². The van der Waals surface area contributed by atoms with E-state index in [4.69, 9.17) is 58.3 Å². The molecule has 5 aromatic rings. The molecule has 2 aliphatic heterocycles. The number of ether oxygens (including phenoxy) is 6. The van der Waals surface area contributed by atoms with Gasteiger partial charge in [0.05, 0.1) is 38.4 Å². The second-order valence-corrected chi connectivity index (χ2v) is 21.3. The average molecular weight is 1110 g/mol. The first-order chi connectivity index (χ1) is 35.4. The Balaban J connectivity index is 0.000000248. The number of halogens is 1. The first kappa shape index (κ1) is 61.5. The van der Waals surface area contributed by atoms with E-state index < -0.39 is 86.2 Å². The molecule has 3 aromatic heterocycles. The standard InChI is InChI=1S/C21H28N3O9P.C12H17ClNO4P.C9H12N2O5.C4H6N2/c1-13(2)31-20(26)15(4)23-34(28,33-16-8-6-5-7-9-16)30-12-18-29-11-17(32-18)24-10-14(3)19(25)22-21(24)27;1-9(2)17-12(15)10(3)14-19(13,16)18-11-7-5-4-6-8-11;1-5-2-11(9(14)10-8(5)13)6-4-15-7(3-12)16-6;1-6-3-2-5-4-6/h5-10,13,15,17-18H,11-12H2,1-4H3,(H,23,28)(H,22,25,27);4-10H,1-3H3,(H,14,16);2,6-7,12H,3-4H2,1H3,(H,10,13,14);2-4H,1H3/t15-,17+,18+,34?;10-,19?;6-,7-;/m001./s1. The SMILES string of the molecule is CC(C)OC(=O)[C@H](C)NP(=O)(Cl)Oc1ccccc1.Cc1cn([C@H]2CO[C@@H](CO)O2)c(=O)[nH]c1=O.Cc1cn([C@H]2CO[C@@H](COP(=O)(N[C@@H](C)C(=O)OC(C)C)Oc3ccccc3)O2)c(=O)[nH]c1=O.Cn1ccnc1. The van der Waals surface area contributed by atoms with Gasteiger partial charge in [0, 0.05) is 54.2 Å². The van der Waals surface area contributed by atoms with Gasteiger partial charge in [0.25, 0.3) is 11.1 Å². The third kappa shape index (κ3) is 20.9. The van der Waals surface area contributed by atoms with E-state index >= 15 is 0 Å². The summed E-state index contributed by atoms with van der Waals surface area (Å²) in [6.07, 6.45) is 4.42. The number of benzene rings is 2. The maximum absolute atomic E-state index is 13.5. The van der Waals surface area contributed by atoms with Crippen LogP contribution in [-0.2, 0) is 58.7 Å². The Kier molecular flexibility index (Phi) is 24.1. The summed E-state index contributed by atoms with van der Waals surface area (Å²) in [5.74, 6) is -0.550. The van der Waals surface area contributed by atoms with Gasteiger partial charge in [-0.3, -0.25) is 42.8 Å². The molecule has 26 nitrogen and oxygen atoms in total. The van der Waals surface area contributed by atoms with Crippen molar-refractivity contribution in [3.63, 3.8) is 0 Å². The van der Waals surface area contributed by atoms with Crippen LogP contribution in [0.3, 0.4) is 0 Å². The summed E-state index contributed by atoms with van der Waals surface area (Å²) < 4.78 is 77.6. The Bertz CT molecular complexity index is 2920. The molecular formula is C46H63ClN8O18P2. The van der Waals surface area contributed by atoms with Crippen molar-refractivity contribution in [2.45, 2.75) is 105 Å². The zero-order valence-corrected chi connectivity index (χ0v) is 45.1. The second kappa shape index (κ2) is 29.3. The van der Waals surface area contributed by atoms with Crippen molar-refractivity contribution in [2.75, 3.05) is 26.4 Å². The Morgan fingerprint density at radius 2 is 1.20 bits per heavy atom. The molecule has 7 rings (SSSR count). The van der Waals surface area contributed by atoms with Crippen molar-refractivity contribution >= 4 is 37.8 Å². The number of aryl methyl sites for hydroxylation is 3. The summed E-state index contributed by atoms with van der Waals surface area (Å²) in [4.78, 5) is 78.2. The number of aliphatic hydroxyl groups is 1. The number of aromatic amines is 2. The van der Waals surface area contributed by atoms with Gasteiger partial charge in [-0.05, 0) is 79.7 Å². The van der Waals surface area contributed by atoms with Gasteiger partial charge in [0.2, 0.25) is 0 Å². The molecule has 2 aromatic carbocycles. The molecule has 0 radical (unpaired) electrons. The highest BCUT2D eigenvalue weighted by Crippen LogP contribution is 2.48. The van der Waals surface area contributed by atoms with Crippen LogP contribution in [-0.4, -0.2) is 109 Å². The second-order valence-electron chi connectivity index (χ2n) is 16.8. The molecule has 0 aliphatic carbocycles. The smallest absolute Gasteiger partial charge is 0.459 e. The molecule has 5 heterocycles. The van der Waals surface area contributed by atoms with Crippen LogP contribution in [0.2, 0.25) is 0 Å².